The van der Waals surface area contributed by atoms with E-state index < -0.39 is 0 Å². The predicted molar refractivity (Wildman–Crippen MR) is 61.3 cm³/mol. The van der Waals surface area contributed by atoms with E-state index in [0.29, 0.717) is 36.9 Å². The van der Waals surface area contributed by atoms with Gasteiger partial charge in [0.05, 0.1) is 24.8 Å². The minimum absolute atomic E-state index is 0.489. The van der Waals surface area contributed by atoms with Gasteiger partial charge in [-0.3, -0.25) is 0 Å². The van der Waals surface area contributed by atoms with Gasteiger partial charge in [0.25, 0.3) is 0 Å². The molecule has 0 atom stereocenters. The quantitative estimate of drug-likeness (QED) is 0.591. The number of benzene rings is 1. The molecular formula is C11H13NO2S. The van der Waals surface area contributed by atoms with Crippen molar-refractivity contribution in [2.45, 2.75) is 0 Å². The number of nitrogens with zero attached hydrogens (tertiary/aromatic N) is 1. The summed E-state index contributed by atoms with van der Waals surface area (Å²) in [6.45, 7) is 1.66. The Morgan fingerprint density at radius 3 is 2.87 bits per heavy atom. The zero-order valence-electron chi connectivity index (χ0n) is 8.35. The molecule has 0 unspecified atom stereocenters. The lowest BCUT2D eigenvalue weighted by atomic mass is 10.2. The van der Waals surface area contributed by atoms with Crippen molar-refractivity contribution in [2.24, 2.45) is 0 Å². The molecule has 15 heavy (non-hydrogen) atoms. The molecule has 0 amide bonds. The molecular weight excluding hydrogens is 210 g/mol. The number of hydrogen-bond donors (Lipinski definition) is 1. The van der Waals surface area contributed by atoms with Gasteiger partial charge >= 0.3 is 0 Å². The lowest BCUT2D eigenvalue weighted by Gasteiger charge is -2.06. The van der Waals surface area contributed by atoms with Crippen LogP contribution in [-0.4, -0.2) is 25.6 Å². The van der Waals surface area contributed by atoms with E-state index in [9.17, 15) is 0 Å². The molecule has 1 aromatic carbocycles. The van der Waals surface area contributed by atoms with Crippen molar-refractivity contribution in [2.75, 3.05) is 25.6 Å². The summed E-state index contributed by atoms with van der Waals surface area (Å²) in [5.41, 5.74) is 0.601. The maximum Gasteiger partial charge on any atom is 0.120 e. The summed E-state index contributed by atoms with van der Waals surface area (Å²) in [4.78, 5) is 0. The smallest absolute Gasteiger partial charge is 0.120 e. The fourth-order valence-corrected chi connectivity index (χ4v) is 1.17. The molecule has 0 aliphatic heterocycles. The Balaban J connectivity index is 2.28. The topological polar surface area (TPSA) is 42.2 Å². The zero-order valence-corrected chi connectivity index (χ0v) is 9.24. The first kappa shape index (κ1) is 11.9. The molecule has 0 radical (unpaired) electrons. The van der Waals surface area contributed by atoms with E-state index in [-0.39, 0.29) is 0 Å². The van der Waals surface area contributed by atoms with Gasteiger partial charge in [0.2, 0.25) is 0 Å². The molecule has 0 saturated heterocycles. The van der Waals surface area contributed by atoms with Crippen LogP contribution in [0.25, 0.3) is 0 Å². The molecule has 4 heteroatoms. The highest BCUT2D eigenvalue weighted by atomic mass is 32.1. The second kappa shape index (κ2) is 7.16. The van der Waals surface area contributed by atoms with Crippen LogP contribution < -0.4 is 4.74 Å². The van der Waals surface area contributed by atoms with Gasteiger partial charge in [-0.25, -0.2) is 0 Å². The van der Waals surface area contributed by atoms with Gasteiger partial charge in [-0.2, -0.15) is 17.9 Å². The van der Waals surface area contributed by atoms with Crippen LogP contribution in [0.1, 0.15) is 5.56 Å². The SMILES string of the molecule is N#Cc1cccc(OCCOCCS)c1. The van der Waals surface area contributed by atoms with Crippen molar-refractivity contribution in [3.8, 4) is 11.8 Å². The molecule has 1 rings (SSSR count). The maximum absolute atomic E-state index is 8.66. The first-order valence-electron chi connectivity index (χ1n) is 4.68. The molecule has 0 fully saturated rings. The van der Waals surface area contributed by atoms with Crippen LogP contribution >= 0.6 is 12.6 Å². The van der Waals surface area contributed by atoms with Gasteiger partial charge in [0.15, 0.2) is 0 Å². The minimum Gasteiger partial charge on any atom is -0.491 e. The number of hydrogen-bond acceptors (Lipinski definition) is 4. The lowest BCUT2D eigenvalue weighted by Crippen LogP contribution is -2.07. The van der Waals surface area contributed by atoms with Crippen LogP contribution in [0.3, 0.4) is 0 Å². The lowest BCUT2D eigenvalue weighted by molar-refractivity contribution is 0.112. The standard InChI is InChI=1S/C11H13NO2S/c12-9-10-2-1-3-11(8-10)14-5-4-13-6-7-15/h1-3,8,15H,4-7H2. The highest BCUT2D eigenvalue weighted by Gasteiger charge is 1.95. The molecule has 80 valence electrons. The molecule has 1 aromatic rings. The third kappa shape index (κ3) is 4.73. The van der Waals surface area contributed by atoms with E-state index in [1.807, 2.05) is 6.07 Å². The Morgan fingerprint density at radius 1 is 1.27 bits per heavy atom. The fourth-order valence-electron chi connectivity index (χ4n) is 1.04. The van der Waals surface area contributed by atoms with E-state index in [4.69, 9.17) is 14.7 Å². The second-order valence-electron chi connectivity index (χ2n) is 2.82. The van der Waals surface area contributed by atoms with Crippen LogP contribution in [0.4, 0.5) is 0 Å². The van der Waals surface area contributed by atoms with Crippen molar-refractivity contribution in [3.63, 3.8) is 0 Å². The number of rotatable bonds is 6. The van der Waals surface area contributed by atoms with Crippen molar-refractivity contribution in [1.82, 2.24) is 0 Å². The van der Waals surface area contributed by atoms with Gasteiger partial charge < -0.3 is 9.47 Å². The first-order chi connectivity index (χ1) is 7.36. The van der Waals surface area contributed by atoms with Gasteiger partial charge in [-0.05, 0) is 18.2 Å². The van der Waals surface area contributed by atoms with E-state index >= 15 is 0 Å². The average Bonchev–Trinajstić information content (AvgIpc) is 2.29. The highest BCUT2D eigenvalue weighted by Crippen LogP contribution is 2.12. The molecule has 0 saturated carbocycles. The van der Waals surface area contributed by atoms with Crippen LogP contribution in [0, 0.1) is 11.3 Å². The summed E-state index contributed by atoms with van der Waals surface area (Å²) in [6.07, 6.45) is 0. The van der Waals surface area contributed by atoms with Crippen LogP contribution in [0.5, 0.6) is 5.75 Å². The van der Waals surface area contributed by atoms with Crippen molar-refractivity contribution >= 4 is 12.6 Å². The monoisotopic (exact) mass is 223 g/mol. The Kier molecular flexibility index (Phi) is 5.67. The normalized spacial score (nSPS) is 9.60. The van der Waals surface area contributed by atoms with E-state index in [2.05, 4.69) is 18.7 Å². The Morgan fingerprint density at radius 2 is 2.13 bits per heavy atom. The molecule has 0 aliphatic rings. The maximum atomic E-state index is 8.66. The van der Waals surface area contributed by atoms with Crippen LogP contribution in [0.2, 0.25) is 0 Å². The largest absolute Gasteiger partial charge is 0.491 e. The first-order valence-corrected chi connectivity index (χ1v) is 5.31. The van der Waals surface area contributed by atoms with Crippen molar-refractivity contribution < 1.29 is 9.47 Å². The summed E-state index contributed by atoms with van der Waals surface area (Å²) in [7, 11) is 0. The van der Waals surface area contributed by atoms with Gasteiger partial charge in [0, 0.05) is 5.75 Å². The number of nitriles is 1. The number of ether oxygens (including phenoxy) is 2. The molecule has 3 nitrogen and oxygen atoms in total. The third-order valence-electron chi connectivity index (χ3n) is 1.70. The summed E-state index contributed by atoms with van der Waals surface area (Å²) in [6, 6.07) is 9.12. The summed E-state index contributed by atoms with van der Waals surface area (Å²) < 4.78 is 10.6. The minimum atomic E-state index is 0.489. The van der Waals surface area contributed by atoms with Crippen molar-refractivity contribution in [1.29, 1.82) is 5.26 Å². The number of thiol groups is 1. The van der Waals surface area contributed by atoms with Gasteiger partial charge in [-0.15, -0.1) is 0 Å². The Labute approximate surface area is 95.0 Å². The molecule has 0 aliphatic carbocycles. The van der Waals surface area contributed by atoms with Crippen LogP contribution in [0.15, 0.2) is 24.3 Å². The molecule has 0 aromatic heterocycles. The Bertz CT molecular complexity index is 336. The highest BCUT2D eigenvalue weighted by molar-refractivity contribution is 7.80. The summed E-state index contributed by atoms with van der Waals surface area (Å²) >= 11 is 4.02. The predicted octanol–water partition coefficient (Wildman–Crippen LogP) is 1.88. The molecule has 0 N–H and O–H groups in total. The average molecular weight is 223 g/mol. The Hall–Kier alpha value is -1.18. The fraction of sp³-hybridized carbons (Fsp3) is 0.364. The molecule has 0 spiro atoms. The summed E-state index contributed by atoms with van der Waals surface area (Å²) in [5.74, 6) is 1.41. The third-order valence-corrected chi connectivity index (χ3v) is 1.88. The zero-order chi connectivity index (χ0) is 10.9. The van der Waals surface area contributed by atoms with Gasteiger partial charge in [-0.1, -0.05) is 6.07 Å². The molecule has 0 heterocycles. The molecule has 0 bridgehead atoms. The van der Waals surface area contributed by atoms with E-state index in [1.165, 1.54) is 0 Å². The van der Waals surface area contributed by atoms with E-state index in [0.717, 1.165) is 0 Å². The summed E-state index contributed by atoms with van der Waals surface area (Å²) in [5, 5.41) is 8.66. The van der Waals surface area contributed by atoms with Gasteiger partial charge in [0.1, 0.15) is 12.4 Å². The van der Waals surface area contributed by atoms with Crippen LogP contribution in [-0.2, 0) is 4.74 Å². The second-order valence-corrected chi connectivity index (χ2v) is 3.27. The van der Waals surface area contributed by atoms with E-state index in [1.54, 1.807) is 18.2 Å². The van der Waals surface area contributed by atoms with Crippen molar-refractivity contribution in [3.05, 3.63) is 29.8 Å².